The maximum atomic E-state index is 10.8. The molecule has 0 radical (unpaired) electrons. The van der Waals surface area contributed by atoms with Crippen LogP contribution >= 0.6 is 0 Å². The van der Waals surface area contributed by atoms with Gasteiger partial charge in [-0.3, -0.25) is 4.57 Å². The lowest BCUT2D eigenvalue weighted by molar-refractivity contribution is -0.108. The summed E-state index contributed by atoms with van der Waals surface area (Å²) in [5, 5.41) is 10.9. The Morgan fingerprint density at radius 1 is 1.36 bits per heavy atom. The topological polar surface area (TPSA) is 108 Å². The molecule has 0 aromatic carbocycles. The Morgan fingerprint density at radius 2 is 2.08 bits per heavy atom. The third-order valence-electron chi connectivity index (χ3n) is 5.76. The van der Waals surface area contributed by atoms with E-state index >= 15 is 0 Å². The van der Waals surface area contributed by atoms with Gasteiger partial charge in [-0.25, -0.2) is 15.0 Å². The number of aromatic nitrogens is 4. The van der Waals surface area contributed by atoms with E-state index in [9.17, 15) is 5.11 Å². The summed E-state index contributed by atoms with van der Waals surface area (Å²) >= 11 is 0. The van der Waals surface area contributed by atoms with Crippen molar-refractivity contribution in [2.75, 3.05) is 5.73 Å². The predicted octanol–water partition coefficient (Wildman–Crippen LogP) is 2.13. The summed E-state index contributed by atoms with van der Waals surface area (Å²) in [5.41, 5.74) is 7.01. The number of hydrogen-bond acceptors (Lipinski definition) is 7. The Kier molecular flexibility index (Phi) is 3.53. The Hall–Kier alpha value is -1.55. The maximum absolute atomic E-state index is 10.8. The van der Waals surface area contributed by atoms with Gasteiger partial charge in [0.15, 0.2) is 25.3 Å². The van der Waals surface area contributed by atoms with Crippen molar-refractivity contribution >= 4 is 25.3 Å². The van der Waals surface area contributed by atoms with Crippen molar-refractivity contribution in [1.82, 2.24) is 19.5 Å². The molecular formula is C16H25N5O3Si. The first-order valence-electron chi connectivity index (χ1n) is 8.60. The van der Waals surface area contributed by atoms with E-state index in [0.29, 0.717) is 29.2 Å². The third kappa shape index (κ3) is 2.41. The molecule has 2 aliphatic heterocycles. The molecule has 0 saturated carbocycles. The van der Waals surface area contributed by atoms with Crippen molar-refractivity contribution in [2.24, 2.45) is 0 Å². The first-order valence-corrected chi connectivity index (χ1v) is 11.5. The zero-order valence-corrected chi connectivity index (χ0v) is 16.2. The van der Waals surface area contributed by atoms with Crippen LogP contribution in [0.2, 0.25) is 18.1 Å². The zero-order chi connectivity index (χ0) is 18.1. The number of nitrogens with two attached hydrogens (primary N) is 1. The second-order valence-corrected chi connectivity index (χ2v) is 13.2. The van der Waals surface area contributed by atoms with Gasteiger partial charge in [0.05, 0.1) is 6.10 Å². The van der Waals surface area contributed by atoms with E-state index in [1.54, 1.807) is 0 Å². The maximum Gasteiger partial charge on any atom is 0.192 e. The van der Waals surface area contributed by atoms with Crippen molar-refractivity contribution in [1.29, 1.82) is 0 Å². The molecule has 4 atom stereocenters. The summed E-state index contributed by atoms with van der Waals surface area (Å²) in [7, 11) is -1.97. The summed E-state index contributed by atoms with van der Waals surface area (Å²) in [6.45, 7) is 11.0. The van der Waals surface area contributed by atoms with Crippen molar-refractivity contribution in [3.63, 3.8) is 0 Å². The van der Waals surface area contributed by atoms with E-state index in [0.717, 1.165) is 0 Å². The average Bonchev–Trinajstić information content (AvgIpc) is 3.05. The molecule has 4 rings (SSSR count). The molecule has 3 N–H and O–H groups in total. The molecule has 136 valence electrons. The van der Waals surface area contributed by atoms with Gasteiger partial charge in [0, 0.05) is 6.42 Å². The molecule has 1 saturated heterocycles. The minimum Gasteiger partial charge on any atom is -0.411 e. The standard InChI is InChI=1S/C16H25N5O3Si/c1-16(2,3)25(4,5)24-8-6-9-21-14-10(13(17)18-7-19-14)20-15(21)11(22)12(8)23-9/h7-9,11-12,22H,6H2,1-5H3,(H2,17,18,19)/t8-,9+,11+,12-/m0/s1. The van der Waals surface area contributed by atoms with Gasteiger partial charge in [-0.15, -0.1) is 0 Å². The second-order valence-electron chi connectivity index (χ2n) is 8.42. The Balaban J connectivity index is 1.70. The molecule has 2 aromatic rings. The van der Waals surface area contributed by atoms with E-state index in [2.05, 4.69) is 48.8 Å². The lowest BCUT2D eigenvalue weighted by Gasteiger charge is -2.39. The van der Waals surface area contributed by atoms with Crippen LogP contribution < -0.4 is 5.73 Å². The van der Waals surface area contributed by atoms with Gasteiger partial charge < -0.3 is 20.0 Å². The van der Waals surface area contributed by atoms with E-state index < -0.39 is 20.5 Å². The number of aliphatic hydroxyl groups excluding tert-OH is 1. The van der Waals surface area contributed by atoms with Crippen LogP contribution in [-0.2, 0) is 9.16 Å². The van der Waals surface area contributed by atoms with Gasteiger partial charge in [-0.1, -0.05) is 20.8 Å². The van der Waals surface area contributed by atoms with E-state index in [-0.39, 0.29) is 17.4 Å². The summed E-state index contributed by atoms with van der Waals surface area (Å²) in [4.78, 5) is 12.8. The molecule has 2 aromatic heterocycles. The minimum atomic E-state index is -1.97. The van der Waals surface area contributed by atoms with E-state index in [1.807, 2.05) is 4.57 Å². The molecule has 0 unspecified atom stereocenters. The minimum absolute atomic E-state index is 0.0938. The molecule has 0 amide bonds. The number of rotatable bonds is 2. The molecule has 1 fully saturated rings. The van der Waals surface area contributed by atoms with Crippen molar-refractivity contribution in [2.45, 2.75) is 69.9 Å². The number of imidazole rings is 1. The van der Waals surface area contributed by atoms with Gasteiger partial charge in [0.2, 0.25) is 0 Å². The monoisotopic (exact) mass is 363 g/mol. The first kappa shape index (κ1) is 16.9. The highest BCUT2D eigenvalue weighted by atomic mass is 28.4. The number of nitrogen functional groups attached to an aromatic ring is 1. The number of fused-ring (bicyclic) bond motifs is 6. The van der Waals surface area contributed by atoms with Crippen LogP contribution in [-0.4, -0.2) is 45.2 Å². The average molecular weight is 363 g/mol. The largest absolute Gasteiger partial charge is 0.411 e. The van der Waals surface area contributed by atoms with E-state index in [4.69, 9.17) is 14.9 Å². The van der Waals surface area contributed by atoms with Crippen LogP contribution in [0.25, 0.3) is 11.2 Å². The number of ether oxygens (including phenoxy) is 1. The highest BCUT2D eigenvalue weighted by Gasteiger charge is 2.52. The fourth-order valence-electron chi connectivity index (χ4n) is 3.35. The highest BCUT2D eigenvalue weighted by molar-refractivity contribution is 6.74. The molecule has 9 heteroatoms. The Bertz CT molecular complexity index is 831. The number of anilines is 1. The Labute approximate surface area is 147 Å². The van der Waals surface area contributed by atoms with Crippen LogP contribution in [0.3, 0.4) is 0 Å². The Morgan fingerprint density at radius 3 is 2.76 bits per heavy atom. The number of aliphatic hydroxyl groups is 1. The molecular weight excluding hydrogens is 338 g/mol. The van der Waals surface area contributed by atoms with Crippen molar-refractivity contribution < 1.29 is 14.3 Å². The van der Waals surface area contributed by atoms with Crippen LogP contribution in [0.5, 0.6) is 0 Å². The number of hydrogen-bond donors (Lipinski definition) is 2. The SMILES string of the molecule is CC(C)(C)[Si](C)(C)O[C@H]1C[C@H]2O[C@@H]1[C@@H](O)c1nc3c(N)ncnc3n12. The molecule has 8 nitrogen and oxygen atoms in total. The summed E-state index contributed by atoms with van der Waals surface area (Å²) in [5.74, 6) is 0.842. The number of nitrogens with zero attached hydrogens (tertiary/aromatic N) is 4. The summed E-state index contributed by atoms with van der Waals surface area (Å²) in [6, 6.07) is 0. The molecule has 2 bridgehead atoms. The van der Waals surface area contributed by atoms with Gasteiger partial charge in [-0.05, 0) is 18.1 Å². The molecule has 0 spiro atoms. The normalized spacial score (nSPS) is 29.2. The quantitative estimate of drug-likeness (QED) is 0.787. The van der Waals surface area contributed by atoms with Gasteiger partial charge >= 0.3 is 0 Å². The predicted molar refractivity (Wildman–Crippen MR) is 95.3 cm³/mol. The first-order chi connectivity index (χ1) is 11.6. The van der Waals surface area contributed by atoms with Crippen molar-refractivity contribution in [3.05, 3.63) is 12.2 Å². The van der Waals surface area contributed by atoms with Crippen LogP contribution in [0.15, 0.2) is 6.33 Å². The summed E-state index contributed by atoms with van der Waals surface area (Å²) in [6.07, 6.45) is 0.370. The van der Waals surface area contributed by atoms with Gasteiger partial charge in [-0.2, -0.15) is 0 Å². The lowest BCUT2D eigenvalue weighted by Crippen LogP contribution is -2.47. The van der Waals surface area contributed by atoms with E-state index in [1.165, 1.54) is 6.33 Å². The smallest absolute Gasteiger partial charge is 0.192 e. The van der Waals surface area contributed by atoms with Crippen LogP contribution in [0.4, 0.5) is 5.82 Å². The van der Waals surface area contributed by atoms with Gasteiger partial charge in [0.1, 0.15) is 30.6 Å². The van der Waals surface area contributed by atoms with Crippen LogP contribution in [0.1, 0.15) is 45.3 Å². The molecule has 25 heavy (non-hydrogen) atoms. The zero-order valence-electron chi connectivity index (χ0n) is 15.2. The lowest BCUT2D eigenvalue weighted by atomic mass is 10.1. The molecule has 4 heterocycles. The fraction of sp³-hybridized carbons (Fsp3) is 0.688. The van der Waals surface area contributed by atoms with Gasteiger partial charge in [0.25, 0.3) is 0 Å². The fourth-order valence-corrected chi connectivity index (χ4v) is 4.70. The highest BCUT2D eigenvalue weighted by Crippen LogP contribution is 2.47. The third-order valence-corrected chi connectivity index (χ3v) is 10.3. The summed E-state index contributed by atoms with van der Waals surface area (Å²) < 4.78 is 14.5. The van der Waals surface area contributed by atoms with Crippen molar-refractivity contribution in [3.8, 4) is 0 Å². The molecule has 2 aliphatic rings. The molecule has 0 aliphatic carbocycles. The second kappa shape index (κ2) is 5.23. The van der Waals surface area contributed by atoms with Crippen LogP contribution in [0, 0.1) is 0 Å².